The fourth-order valence-electron chi connectivity index (χ4n) is 3.75. The second kappa shape index (κ2) is 8.03. The van der Waals surface area contributed by atoms with Crippen LogP contribution in [-0.4, -0.2) is 44.8 Å². The second-order valence-electron chi connectivity index (χ2n) is 8.61. The van der Waals surface area contributed by atoms with E-state index in [4.69, 9.17) is 5.73 Å². The van der Waals surface area contributed by atoms with E-state index in [1.165, 1.54) is 0 Å². The second-order valence-corrected chi connectivity index (χ2v) is 8.61. The summed E-state index contributed by atoms with van der Waals surface area (Å²) in [5, 5.41) is 14.7. The summed E-state index contributed by atoms with van der Waals surface area (Å²) in [6.07, 6.45) is 8.11. The summed E-state index contributed by atoms with van der Waals surface area (Å²) in [6.45, 7) is 3.52. The molecule has 3 aromatic rings. The Balaban J connectivity index is 1.66. The number of carbonyl (C=O) groups is 1. The molecule has 2 atom stereocenters. The van der Waals surface area contributed by atoms with Gasteiger partial charge in [0.15, 0.2) is 0 Å². The van der Waals surface area contributed by atoms with Gasteiger partial charge in [-0.25, -0.2) is 9.97 Å². The van der Waals surface area contributed by atoms with Crippen molar-refractivity contribution in [1.82, 2.24) is 15.0 Å². The van der Waals surface area contributed by atoms with Crippen molar-refractivity contribution in [1.29, 1.82) is 0 Å². The van der Waals surface area contributed by atoms with Gasteiger partial charge in [-0.05, 0) is 49.4 Å². The molecule has 0 bridgehead atoms. The number of nitrogens with one attached hydrogen (secondary N) is 1. The number of hydrogen-bond donors (Lipinski definition) is 3. The van der Waals surface area contributed by atoms with Gasteiger partial charge in [-0.15, -0.1) is 0 Å². The van der Waals surface area contributed by atoms with E-state index < -0.39 is 5.60 Å². The lowest BCUT2D eigenvalue weighted by Gasteiger charge is -2.19. The number of amides is 1. The minimum Gasteiger partial charge on any atom is -0.390 e. The average molecular weight is 419 g/mol. The summed E-state index contributed by atoms with van der Waals surface area (Å²) in [7, 11) is 1.71. The lowest BCUT2D eigenvalue weighted by Crippen LogP contribution is -2.22. The van der Waals surface area contributed by atoms with Gasteiger partial charge in [0.1, 0.15) is 11.6 Å². The number of aliphatic imine (C=N–C) groups is 1. The van der Waals surface area contributed by atoms with Gasteiger partial charge in [0, 0.05) is 61.1 Å². The van der Waals surface area contributed by atoms with Crippen molar-refractivity contribution >= 4 is 34.5 Å². The maximum atomic E-state index is 12.4. The first-order valence-electron chi connectivity index (χ1n) is 10.2. The summed E-state index contributed by atoms with van der Waals surface area (Å²) in [4.78, 5) is 29.5. The smallest absolute Gasteiger partial charge is 0.229 e. The van der Waals surface area contributed by atoms with E-state index in [1.54, 1.807) is 45.6 Å². The zero-order valence-corrected chi connectivity index (χ0v) is 17.8. The molecule has 31 heavy (non-hydrogen) atoms. The first-order valence-corrected chi connectivity index (χ1v) is 10.2. The molecule has 0 aromatic carbocycles. The number of rotatable bonds is 6. The molecule has 1 amide bonds. The Labute approximate surface area is 180 Å². The van der Waals surface area contributed by atoms with E-state index >= 15 is 0 Å². The first kappa shape index (κ1) is 20.9. The standard InChI is InChI=1S/C23H26N6O2/c1-23(2,31)9-13-4-5-26-11-17(13)19-7-14-8-20(27-12-18(14)21(24)28-19)29-22(30)16-6-15(16)10-25-3/h4-5,7-8,10-12,15-16,31H,6,9H2,1-3H3,(H2,24,28)(H,27,29,30)/b25-10+/t15-,16+/m1/s1. The molecule has 8 nitrogen and oxygen atoms in total. The van der Waals surface area contributed by atoms with Gasteiger partial charge < -0.3 is 21.1 Å². The molecule has 0 unspecified atom stereocenters. The number of nitrogens with zero attached hydrogens (tertiary/aromatic N) is 4. The predicted molar refractivity (Wildman–Crippen MR) is 122 cm³/mol. The Hall–Kier alpha value is -3.39. The normalized spacial score (nSPS) is 18.5. The molecule has 4 N–H and O–H groups in total. The number of pyridine rings is 3. The molecule has 3 heterocycles. The number of nitrogen functional groups attached to an aromatic ring is 1. The third kappa shape index (κ3) is 4.69. The molecule has 8 heteroatoms. The van der Waals surface area contributed by atoms with Crippen LogP contribution in [0.4, 0.5) is 11.6 Å². The maximum absolute atomic E-state index is 12.4. The van der Waals surface area contributed by atoms with Crippen molar-refractivity contribution < 1.29 is 9.90 Å². The highest BCUT2D eigenvalue weighted by Crippen LogP contribution is 2.38. The molecule has 1 aliphatic rings. The fourth-order valence-corrected chi connectivity index (χ4v) is 3.75. The highest BCUT2D eigenvalue weighted by atomic mass is 16.3. The van der Waals surface area contributed by atoms with E-state index in [1.807, 2.05) is 18.3 Å². The zero-order chi connectivity index (χ0) is 22.2. The Morgan fingerprint density at radius 2 is 2.19 bits per heavy atom. The SMILES string of the molecule is C/N=C/[C@H]1C[C@@H]1C(=O)Nc1cc2cc(-c3cnccc3CC(C)(C)O)nc(N)c2cn1. The lowest BCUT2D eigenvalue weighted by atomic mass is 9.94. The topological polar surface area (TPSA) is 126 Å². The van der Waals surface area contributed by atoms with Crippen LogP contribution in [0.2, 0.25) is 0 Å². The maximum Gasteiger partial charge on any atom is 0.229 e. The molecule has 0 radical (unpaired) electrons. The monoisotopic (exact) mass is 418 g/mol. The van der Waals surface area contributed by atoms with Crippen LogP contribution < -0.4 is 11.1 Å². The third-order valence-corrected chi connectivity index (χ3v) is 5.32. The quantitative estimate of drug-likeness (QED) is 0.528. The summed E-state index contributed by atoms with van der Waals surface area (Å²) in [6, 6.07) is 5.57. The zero-order valence-electron chi connectivity index (χ0n) is 17.8. The number of anilines is 2. The van der Waals surface area contributed by atoms with Gasteiger partial charge in [0.05, 0.1) is 11.3 Å². The predicted octanol–water partition coefficient (Wildman–Crippen LogP) is 2.86. The largest absolute Gasteiger partial charge is 0.390 e. The van der Waals surface area contributed by atoms with Crippen LogP contribution in [-0.2, 0) is 11.2 Å². The molecule has 0 spiro atoms. The number of carbonyl (C=O) groups excluding carboxylic acids is 1. The lowest BCUT2D eigenvalue weighted by molar-refractivity contribution is -0.117. The fraction of sp³-hybridized carbons (Fsp3) is 0.348. The number of nitrogens with two attached hydrogens (primary N) is 1. The Morgan fingerprint density at radius 1 is 1.39 bits per heavy atom. The van der Waals surface area contributed by atoms with Crippen LogP contribution in [0.25, 0.3) is 22.0 Å². The van der Waals surface area contributed by atoms with Crippen molar-refractivity contribution in [3.63, 3.8) is 0 Å². The van der Waals surface area contributed by atoms with Gasteiger partial charge in [-0.3, -0.25) is 9.78 Å². The van der Waals surface area contributed by atoms with E-state index in [9.17, 15) is 9.90 Å². The van der Waals surface area contributed by atoms with Gasteiger partial charge in [-0.1, -0.05) is 0 Å². The summed E-state index contributed by atoms with van der Waals surface area (Å²) in [5.74, 6) is 0.905. The van der Waals surface area contributed by atoms with Crippen molar-refractivity contribution in [3.8, 4) is 11.3 Å². The third-order valence-electron chi connectivity index (χ3n) is 5.32. The molecule has 3 aromatic heterocycles. The number of fused-ring (bicyclic) bond motifs is 1. The van der Waals surface area contributed by atoms with Gasteiger partial charge in [0.2, 0.25) is 5.91 Å². The molecule has 4 rings (SSSR count). The van der Waals surface area contributed by atoms with Crippen LogP contribution >= 0.6 is 0 Å². The molecule has 1 aliphatic carbocycles. The van der Waals surface area contributed by atoms with Crippen LogP contribution in [0, 0.1) is 11.8 Å². The van der Waals surface area contributed by atoms with Crippen molar-refractivity contribution in [2.75, 3.05) is 18.1 Å². The summed E-state index contributed by atoms with van der Waals surface area (Å²) in [5.41, 5.74) is 7.72. The number of aliphatic hydroxyl groups is 1. The summed E-state index contributed by atoms with van der Waals surface area (Å²) >= 11 is 0. The van der Waals surface area contributed by atoms with Crippen LogP contribution in [0.1, 0.15) is 25.8 Å². The van der Waals surface area contributed by atoms with Gasteiger partial charge >= 0.3 is 0 Å². The minimum atomic E-state index is -0.872. The number of hydrogen-bond acceptors (Lipinski definition) is 7. The number of aromatic nitrogens is 3. The van der Waals surface area contributed by atoms with E-state index in [0.29, 0.717) is 29.1 Å². The van der Waals surface area contributed by atoms with Crippen molar-refractivity contribution in [3.05, 3.63) is 42.4 Å². The van der Waals surface area contributed by atoms with Crippen LogP contribution in [0.5, 0.6) is 0 Å². The molecular formula is C23H26N6O2. The Morgan fingerprint density at radius 3 is 2.94 bits per heavy atom. The molecule has 1 saturated carbocycles. The highest BCUT2D eigenvalue weighted by Gasteiger charge is 2.41. The highest BCUT2D eigenvalue weighted by molar-refractivity contribution is 5.99. The first-order chi connectivity index (χ1) is 14.7. The van der Waals surface area contributed by atoms with Crippen molar-refractivity contribution in [2.24, 2.45) is 16.8 Å². The van der Waals surface area contributed by atoms with Crippen LogP contribution in [0.3, 0.4) is 0 Å². The average Bonchev–Trinajstić information content (AvgIpc) is 3.47. The van der Waals surface area contributed by atoms with E-state index in [2.05, 4.69) is 25.3 Å². The molecule has 160 valence electrons. The molecular weight excluding hydrogens is 392 g/mol. The van der Waals surface area contributed by atoms with Gasteiger partial charge in [-0.2, -0.15) is 0 Å². The van der Waals surface area contributed by atoms with E-state index in [0.717, 1.165) is 22.9 Å². The molecule has 0 aliphatic heterocycles. The Bertz CT molecular complexity index is 1170. The Kier molecular flexibility index (Phi) is 5.41. The minimum absolute atomic E-state index is 0.0564. The van der Waals surface area contributed by atoms with Gasteiger partial charge in [0.25, 0.3) is 0 Å². The van der Waals surface area contributed by atoms with E-state index in [-0.39, 0.29) is 17.7 Å². The summed E-state index contributed by atoms with van der Waals surface area (Å²) < 4.78 is 0. The van der Waals surface area contributed by atoms with Crippen molar-refractivity contribution in [2.45, 2.75) is 32.3 Å². The molecule has 1 fully saturated rings. The van der Waals surface area contributed by atoms with Crippen LogP contribution in [0.15, 0.2) is 41.8 Å². The molecule has 0 saturated heterocycles.